The molecule has 1 N–H and O–H groups in total. The zero-order valence-electron chi connectivity index (χ0n) is 13.4. The van der Waals surface area contributed by atoms with Crippen LogP contribution >= 0.6 is 0 Å². The van der Waals surface area contributed by atoms with Gasteiger partial charge in [0.2, 0.25) is 11.8 Å². The van der Waals surface area contributed by atoms with E-state index in [-0.39, 0.29) is 17.9 Å². The Morgan fingerprint density at radius 1 is 1.30 bits per heavy atom. The van der Waals surface area contributed by atoms with Crippen LogP contribution in [0.15, 0.2) is 0 Å². The van der Waals surface area contributed by atoms with Crippen LogP contribution in [0.2, 0.25) is 0 Å². The normalized spacial score (nSPS) is 22.3. The number of rotatable bonds is 7. The topological polar surface area (TPSA) is 58.6 Å². The molecule has 1 atom stereocenters. The first-order valence-corrected chi connectivity index (χ1v) is 7.41. The Balaban J connectivity index is 2.77. The molecule has 1 saturated heterocycles. The zero-order chi connectivity index (χ0) is 15.3. The summed E-state index contributed by atoms with van der Waals surface area (Å²) < 4.78 is 5.03. The van der Waals surface area contributed by atoms with Crippen LogP contribution in [0.25, 0.3) is 0 Å². The Morgan fingerprint density at radius 3 is 2.50 bits per heavy atom. The molecule has 1 aliphatic heterocycles. The molecule has 1 aliphatic rings. The van der Waals surface area contributed by atoms with Crippen LogP contribution in [0.5, 0.6) is 0 Å². The molecule has 2 amide bonds. The number of hydrogen-bond donors (Lipinski definition) is 1. The second kappa shape index (κ2) is 7.07. The van der Waals surface area contributed by atoms with Gasteiger partial charge in [-0.05, 0) is 39.0 Å². The van der Waals surface area contributed by atoms with Gasteiger partial charge in [-0.3, -0.25) is 9.59 Å². The summed E-state index contributed by atoms with van der Waals surface area (Å²) in [6.45, 7) is 8.98. The fourth-order valence-corrected chi connectivity index (χ4v) is 2.55. The number of piperazine rings is 1. The number of nitrogens with one attached hydrogen (secondary N) is 1. The monoisotopic (exact) mass is 284 g/mol. The highest BCUT2D eigenvalue weighted by molar-refractivity contribution is 5.99. The standard InChI is InChI=1S/C15H28N2O3/c1-11(2)10-12-13(18)16-15(3,4)14(19)17(12)8-6-7-9-20-5/h11-12H,6-10H2,1-5H3,(H,16,18). The SMILES string of the molecule is COCCCCN1C(=O)C(C)(C)NC(=O)C1CC(C)C. The van der Waals surface area contributed by atoms with Crippen molar-refractivity contribution in [2.24, 2.45) is 5.92 Å². The van der Waals surface area contributed by atoms with E-state index in [4.69, 9.17) is 4.74 Å². The highest BCUT2D eigenvalue weighted by Gasteiger charge is 2.44. The molecule has 0 spiro atoms. The van der Waals surface area contributed by atoms with Crippen LogP contribution in [0.3, 0.4) is 0 Å². The molecule has 0 aromatic rings. The lowest BCUT2D eigenvalue weighted by molar-refractivity contribution is -0.154. The van der Waals surface area contributed by atoms with Gasteiger partial charge in [0.05, 0.1) is 0 Å². The molecular weight excluding hydrogens is 256 g/mol. The number of carbonyl (C=O) groups is 2. The summed E-state index contributed by atoms with van der Waals surface area (Å²) in [5.74, 6) is 0.358. The Kier molecular flexibility index (Phi) is 5.99. The number of carbonyl (C=O) groups excluding carboxylic acids is 2. The van der Waals surface area contributed by atoms with Crippen LogP contribution in [-0.4, -0.2) is 48.6 Å². The van der Waals surface area contributed by atoms with E-state index < -0.39 is 5.54 Å². The highest BCUT2D eigenvalue weighted by Crippen LogP contribution is 2.22. The fourth-order valence-electron chi connectivity index (χ4n) is 2.55. The first-order valence-electron chi connectivity index (χ1n) is 7.41. The molecule has 0 aromatic carbocycles. The maximum atomic E-state index is 12.5. The molecule has 5 heteroatoms. The van der Waals surface area contributed by atoms with Gasteiger partial charge in [-0.1, -0.05) is 13.8 Å². The van der Waals surface area contributed by atoms with E-state index in [0.717, 1.165) is 12.8 Å². The van der Waals surface area contributed by atoms with E-state index in [0.29, 0.717) is 25.5 Å². The molecule has 0 bridgehead atoms. The summed E-state index contributed by atoms with van der Waals surface area (Å²) in [7, 11) is 1.67. The van der Waals surface area contributed by atoms with E-state index in [9.17, 15) is 9.59 Å². The second-order valence-electron chi connectivity index (χ2n) is 6.46. The first kappa shape index (κ1) is 17.0. The maximum absolute atomic E-state index is 12.5. The summed E-state index contributed by atoms with van der Waals surface area (Å²) in [5, 5.41) is 2.84. The molecule has 0 aromatic heterocycles. The number of methoxy groups -OCH3 is 1. The third kappa shape index (κ3) is 4.20. The molecule has 5 nitrogen and oxygen atoms in total. The molecule has 1 rings (SSSR count). The van der Waals surface area contributed by atoms with Gasteiger partial charge in [-0.2, -0.15) is 0 Å². The van der Waals surface area contributed by atoms with Crippen LogP contribution in [0.4, 0.5) is 0 Å². The van der Waals surface area contributed by atoms with Gasteiger partial charge in [-0.15, -0.1) is 0 Å². The first-order chi connectivity index (χ1) is 9.29. The number of ether oxygens (including phenoxy) is 1. The molecule has 0 saturated carbocycles. The number of hydrogen-bond acceptors (Lipinski definition) is 3. The minimum absolute atomic E-state index is 0.0140. The van der Waals surface area contributed by atoms with Gasteiger partial charge in [0, 0.05) is 20.3 Å². The molecule has 1 fully saturated rings. The van der Waals surface area contributed by atoms with Crippen molar-refractivity contribution in [3.8, 4) is 0 Å². The molecule has 1 heterocycles. The van der Waals surface area contributed by atoms with Crippen molar-refractivity contribution in [2.45, 2.75) is 58.5 Å². The zero-order valence-corrected chi connectivity index (χ0v) is 13.4. The third-order valence-electron chi connectivity index (χ3n) is 3.60. The molecule has 20 heavy (non-hydrogen) atoms. The van der Waals surface area contributed by atoms with Gasteiger partial charge in [-0.25, -0.2) is 0 Å². The van der Waals surface area contributed by atoms with Crippen molar-refractivity contribution in [1.82, 2.24) is 10.2 Å². The van der Waals surface area contributed by atoms with Crippen molar-refractivity contribution in [1.29, 1.82) is 0 Å². The lowest BCUT2D eigenvalue weighted by Gasteiger charge is -2.43. The molecule has 1 unspecified atom stereocenters. The summed E-state index contributed by atoms with van der Waals surface area (Å²) in [5.41, 5.74) is -0.800. The lowest BCUT2D eigenvalue weighted by atomic mass is 9.92. The van der Waals surface area contributed by atoms with E-state index >= 15 is 0 Å². The minimum atomic E-state index is -0.800. The smallest absolute Gasteiger partial charge is 0.248 e. The summed E-state index contributed by atoms with van der Waals surface area (Å²) in [4.78, 5) is 26.5. The van der Waals surface area contributed by atoms with Crippen LogP contribution < -0.4 is 5.32 Å². The van der Waals surface area contributed by atoms with Gasteiger partial charge in [0.1, 0.15) is 11.6 Å². The van der Waals surface area contributed by atoms with Crippen molar-refractivity contribution in [2.75, 3.05) is 20.3 Å². The van der Waals surface area contributed by atoms with Crippen molar-refractivity contribution in [3.05, 3.63) is 0 Å². The van der Waals surface area contributed by atoms with Gasteiger partial charge < -0.3 is 15.0 Å². The fraction of sp³-hybridized carbons (Fsp3) is 0.867. The lowest BCUT2D eigenvalue weighted by Crippen LogP contribution is -2.68. The molecule has 0 aliphatic carbocycles. The van der Waals surface area contributed by atoms with Crippen molar-refractivity contribution >= 4 is 11.8 Å². The minimum Gasteiger partial charge on any atom is -0.385 e. The summed E-state index contributed by atoms with van der Waals surface area (Å²) in [6.07, 6.45) is 2.46. The third-order valence-corrected chi connectivity index (χ3v) is 3.60. The van der Waals surface area contributed by atoms with Crippen molar-refractivity contribution in [3.63, 3.8) is 0 Å². The Hall–Kier alpha value is -1.10. The molecule has 116 valence electrons. The van der Waals surface area contributed by atoms with Crippen molar-refractivity contribution < 1.29 is 14.3 Å². The quantitative estimate of drug-likeness (QED) is 0.722. The van der Waals surface area contributed by atoms with E-state index in [2.05, 4.69) is 19.2 Å². The van der Waals surface area contributed by atoms with Gasteiger partial charge in [0.25, 0.3) is 0 Å². The Labute approximate surface area is 122 Å². The Bertz CT molecular complexity index is 353. The largest absolute Gasteiger partial charge is 0.385 e. The Morgan fingerprint density at radius 2 is 1.95 bits per heavy atom. The van der Waals surface area contributed by atoms with E-state index in [1.165, 1.54) is 0 Å². The van der Waals surface area contributed by atoms with Crippen LogP contribution in [-0.2, 0) is 14.3 Å². The molecule has 0 radical (unpaired) electrons. The average Bonchev–Trinajstić information content (AvgIpc) is 2.34. The maximum Gasteiger partial charge on any atom is 0.248 e. The number of amides is 2. The van der Waals surface area contributed by atoms with E-state index in [1.54, 1.807) is 25.9 Å². The van der Waals surface area contributed by atoms with Crippen LogP contribution in [0, 0.1) is 5.92 Å². The highest BCUT2D eigenvalue weighted by atomic mass is 16.5. The predicted octanol–water partition coefficient (Wildman–Crippen LogP) is 1.56. The summed E-state index contributed by atoms with van der Waals surface area (Å²) in [6, 6.07) is -0.335. The van der Waals surface area contributed by atoms with Gasteiger partial charge >= 0.3 is 0 Å². The average molecular weight is 284 g/mol. The van der Waals surface area contributed by atoms with Gasteiger partial charge in [0.15, 0.2) is 0 Å². The van der Waals surface area contributed by atoms with E-state index in [1.807, 2.05) is 0 Å². The second-order valence-corrected chi connectivity index (χ2v) is 6.46. The summed E-state index contributed by atoms with van der Waals surface area (Å²) >= 11 is 0. The number of nitrogens with zero attached hydrogens (tertiary/aromatic N) is 1. The number of unbranched alkanes of at least 4 members (excludes halogenated alkanes) is 1. The van der Waals surface area contributed by atoms with Crippen LogP contribution in [0.1, 0.15) is 47.0 Å². The molecular formula is C15H28N2O3. The predicted molar refractivity (Wildman–Crippen MR) is 78.3 cm³/mol.